The van der Waals surface area contributed by atoms with E-state index in [1.165, 1.54) is 23.5 Å². The highest BCUT2D eigenvalue weighted by atomic mass is 32.1. The van der Waals surface area contributed by atoms with Crippen LogP contribution in [0.25, 0.3) is 10.6 Å². The quantitative estimate of drug-likeness (QED) is 0.407. The van der Waals surface area contributed by atoms with Gasteiger partial charge in [0.25, 0.3) is 5.91 Å². The van der Waals surface area contributed by atoms with Crippen LogP contribution in [-0.2, 0) is 0 Å². The van der Waals surface area contributed by atoms with Crippen LogP contribution in [0.4, 0.5) is 15.9 Å². The monoisotopic (exact) mass is 440 g/mol. The molecule has 3 rings (SSSR count). The van der Waals surface area contributed by atoms with Gasteiger partial charge in [0.05, 0.1) is 16.1 Å². The molecule has 0 aliphatic heterocycles. The van der Waals surface area contributed by atoms with Gasteiger partial charge in [0.1, 0.15) is 16.8 Å². The normalized spacial score (nSPS) is 10.8. The van der Waals surface area contributed by atoms with Crippen molar-refractivity contribution in [1.82, 2.24) is 20.4 Å². The number of carbonyl (C=O) groups excluding carboxylic acids is 1. The van der Waals surface area contributed by atoms with Gasteiger partial charge in [-0.2, -0.15) is 10.4 Å². The maximum Gasteiger partial charge on any atom is 0.254 e. The highest BCUT2D eigenvalue weighted by Crippen LogP contribution is 2.28. The van der Waals surface area contributed by atoms with E-state index in [9.17, 15) is 9.18 Å². The van der Waals surface area contributed by atoms with Gasteiger partial charge < -0.3 is 15.5 Å². The fourth-order valence-electron chi connectivity index (χ4n) is 3.12. The molecule has 0 bridgehead atoms. The summed E-state index contributed by atoms with van der Waals surface area (Å²) in [5, 5.41) is 21.8. The van der Waals surface area contributed by atoms with Gasteiger partial charge in [0.15, 0.2) is 5.82 Å². The van der Waals surface area contributed by atoms with E-state index in [0.29, 0.717) is 22.9 Å². The zero-order valence-corrected chi connectivity index (χ0v) is 18.4. The van der Waals surface area contributed by atoms with E-state index in [1.807, 2.05) is 6.07 Å². The highest BCUT2D eigenvalue weighted by molar-refractivity contribution is 7.15. The van der Waals surface area contributed by atoms with Crippen molar-refractivity contribution in [3.63, 3.8) is 0 Å². The number of anilines is 2. The smallest absolute Gasteiger partial charge is 0.254 e. The number of hydrogen-bond donors (Lipinski definition) is 3. The number of thiophene rings is 1. The summed E-state index contributed by atoms with van der Waals surface area (Å²) in [6.45, 7) is 7.54. The highest BCUT2D eigenvalue weighted by Gasteiger charge is 2.13. The molecule has 3 N–H and O–H groups in total. The fraction of sp³-hybridized carbons (Fsp3) is 0.318. The summed E-state index contributed by atoms with van der Waals surface area (Å²) >= 11 is 1.36. The molecule has 9 heteroatoms. The number of nitriles is 1. The van der Waals surface area contributed by atoms with Gasteiger partial charge in [0, 0.05) is 18.3 Å². The fourth-order valence-corrected chi connectivity index (χ4v) is 3.89. The number of carbonyl (C=O) groups is 1. The summed E-state index contributed by atoms with van der Waals surface area (Å²) in [4.78, 5) is 16.1. The molecule has 0 unspecified atom stereocenters. The first-order chi connectivity index (χ1) is 15.0. The second kappa shape index (κ2) is 10.7. The zero-order chi connectivity index (χ0) is 22.2. The van der Waals surface area contributed by atoms with E-state index in [4.69, 9.17) is 5.26 Å². The molecular weight excluding hydrogens is 415 g/mol. The van der Waals surface area contributed by atoms with Crippen LogP contribution < -0.4 is 10.6 Å². The van der Waals surface area contributed by atoms with E-state index >= 15 is 0 Å². The Hall–Kier alpha value is -3.22. The number of aromatic nitrogens is 2. The molecule has 3 aromatic rings. The van der Waals surface area contributed by atoms with Crippen LogP contribution in [0.2, 0.25) is 0 Å². The van der Waals surface area contributed by atoms with Crippen LogP contribution >= 0.6 is 11.3 Å². The standard InChI is InChI=1S/C22H25FN6OS/c1-3-29(4-2)11-5-10-25-22(30)17-8-6-15(12-18(17)23)26-21-13-19(27-28-21)20-9-7-16(14-24)31-20/h6-9,12-13H,3-5,10-11H2,1-2H3,(H,25,30)(H2,26,27,28). The van der Waals surface area contributed by atoms with Crippen molar-refractivity contribution in [2.24, 2.45) is 0 Å². The second-order valence-corrected chi connectivity index (χ2v) is 7.98. The van der Waals surface area contributed by atoms with E-state index in [-0.39, 0.29) is 5.56 Å². The summed E-state index contributed by atoms with van der Waals surface area (Å²) in [6.07, 6.45) is 0.816. The minimum atomic E-state index is -0.598. The molecule has 7 nitrogen and oxygen atoms in total. The first-order valence-corrected chi connectivity index (χ1v) is 11.0. The third kappa shape index (κ3) is 5.90. The van der Waals surface area contributed by atoms with E-state index in [1.54, 1.807) is 18.2 Å². The van der Waals surface area contributed by atoms with Crippen molar-refractivity contribution >= 4 is 28.7 Å². The molecule has 0 saturated heterocycles. The van der Waals surface area contributed by atoms with Gasteiger partial charge in [-0.05, 0) is 56.4 Å². The van der Waals surface area contributed by atoms with Gasteiger partial charge in [-0.1, -0.05) is 13.8 Å². The molecule has 31 heavy (non-hydrogen) atoms. The molecule has 0 radical (unpaired) electrons. The molecule has 162 valence electrons. The van der Waals surface area contributed by atoms with Gasteiger partial charge in [-0.25, -0.2) is 4.39 Å². The number of H-pyrrole nitrogens is 1. The first-order valence-electron chi connectivity index (χ1n) is 10.2. The molecule has 2 aromatic heterocycles. The average Bonchev–Trinajstić information content (AvgIpc) is 3.43. The zero-order valence-electron chi connectivity index (χ0n) is 17.5. The lowest BCUT2D eigenvalue weighted by Crippen LogP contribution is -2.30. The van der Waals surface area contributed by atoms with Crippen molar-refractivity contribution in [3.8, 4) is 16.6 Å². The molecule has 0 atom stereocenters. The maximum absolute atomic E-state index is 14.5. The largest absolute Gasteiger partial charge is 0.352 e. The molecule has 1 amide bonds. The summed E-state index contributed by atoms with van der Waals surface area (Å²) in [6, 6.07) is 11.8. The molecular formula is C22H25FN6OS. The van der Waals surface area contributed by atoms with Crippen molar-refractivity contribution < 1.29 is 9.18 Å². The van der Waals surface area contributed by atoms with Crippen molar-refractivity contribution in [1.29, 1.82) is 5.26 Å². The Morgan fingerprint density at radius 3 is 2.74 bits per heavy atom. The summed E-state index contributed by atoms with van der Waals surface area (Å²) in [5.41, 5.74) is 1.26. The average molecular weight is 441 g/mol. The lowest BCUT2D eigenvalue weighted by atomic mass is 10.1. The van der Waals surface area contributed by atoms with Crippen molar-refractivity contribution in [2.75, 3.05) is 31.5 Å². The Kier molecular flexibility index (Phi) is 7.76. The molecule has 0 aliphatic carbocycles. The predicted octanol–water partition coefficient (Wildman–Crippen LogP) is 4.35. The van der Waals surface area contributed by atoms with E-state index in [2.05, 4.69) is 45.6 Å². The number of hydrogen-bond acceptors (Lipinski definition) is 6. The second-order valence-electron chi connectivity index (χ2n) is 6.90. The van der Waals surface area contributed by atoms with Crippen molar-refractivity contribution in [3.05, 3.63) is 52.7 Å². The topological polar surface area (TPSA) is 96.8 Å². The molecule has 2 heterocycles. The number of amides is 1. The predicted molar refractivity (Wildman–Crippen MR) is 121 cm³/mol. The van der Waals surface area contributed by atoms with E-state index < -0.39 is 11.7 Å². The summed E-state index contributed by atoms with van der Waals surface area (Å²) in [5.74, 6) is -0.509. The summed E-state index contributed by atoms with van der Waals surface area (Å²) in [7, 11) is 0. The Bertz CT molecular complexity index is 1070. The minimum Gasteiger partial charge on any atom is -0.352 e. The number of halogens is 1. The van der Waals surface area contributed by atoms with Gasteiger partial charge in [0.2, 0.25) is 0 Å². The van der Waals surface area contributed by atoms with Crippen LogP contribution in [0.15, 0.2) is 36.4 Å². The van der Waals surface area contributed by atoms with Crippen LogP contribution in [0.3, 0.4) is 0 Å². The first kappa shape index (κ1) is 22.5. The number of benzene rings is 1. The van der Waals surface area contributed by atoms with Gasteiger partial charge >= 0.3 is 0 Å². The third-order valence-corrected chi connectivity index (χ3v) is 5.90. The van der Waals surface area contributed by atoms with Crippen LogP contribution in [0.5, 0.6) is 0 Å². The van der Waals surface area contributed by atoms with E-state index in [0.717, 1.165) is 36.6 Å². The molecule has 0 aliphatic rings. The van der Waals surface area contributed by atoms with Gasteiger partial charge in [-0.15, -0.1) is 11.3 Å². The Morgan fingerprint density at radius 1 is 1.26 bits per heavy atom. The molecule has 0 fully saturated rings. The molecule has 0 saturated carbocycles. The Balaban J connectivity index is 1.57. The molecule has 1 aromatic carbocycles. The Morgan fingerprint density at radius 2 is 2.06 bits per heavy atom. The minimum absolute atomic E-state index is 0.0127. The van der Waals surface area contributed by atoms with Crippen LogP contribution in [0.1, 0.15) is 35.5 Å². The number of rotatable bonds is 10. The van der Waals surface area contributed by atoms with Crippen LogP contribution in [0, 0.1) is 17.1 Å². The SMILES string of the molecule is CCN(CC)CCCNC(=O)c1ccc(Nc2cc(-c3ccc(C#N)s3)[nH]n2)cc1F. The Labute approximate surface area is 184 Å². The molecule has 0 spiro atoms. The van der Waals surface area contributed by atoms with Crippen molar-refractivity contribution in [2.45, 2.75) is 20.3 Å². The number of nitrogens with one attached hydrogen (secondary N) is 3. The lowest BCUT2D eigenvalue weighted by molar-refractivity contribution is 0.0948. The maximum atomic E-state index is 14.5. The lowest BCUT2D eigenvalue weighted by Gasteiger charge is -2.17. The number of nitrogens with zero attached hydrogens (tertiary/aromatic N) is 3. The summed E-state index contributed by atoms with van der Waals surface area (Å²) < 4.78 is 14.5. The van der Waals surface area contributed by atoms with Gasteiger partial charge in [-0.3, -0.25) is 9.89 Å². The third-order valence-electron chi connectivity index (χ3n) is 4.88. The van der Waals surface area contributed by atoms with Crippen LogP contribution in [-0.4, -0.2) is 47.2 Å². The number of aromatic amines is 1.